The van der Waals surface area contributed by atoms with Crippen molar-refractivity contribution in [3.63, 3.8) is 0 Å². The fraction of sp³-hybridized carbons (Fsp3) is 0.212. The second kappa shape index (κ2) is 13.4. The average molecular weight is 536 g/mol. The highest BCUT2D eigenvalue weighted by Gasteiger charge is 2.24. The molecule has 204 valence electrons. The number of rotatable bonds is 10. The van der Waals surface area contributed by atoms with Crippen molar-refractivity contribution in [2.45, 2.75) is 38.8 Å². The summed E-state index contributed by atoms with van der Waals surface area (Å²) in [5.74, 6) is 0.351. The smallest absolute Gasteiger partial charge is 0.408 e. The molecule has 2 amide bonds. The van der Waals surface area contributed by atoms with Crippen LogP contribution in [-0.4, -0.2) is 18.5 Å². The lowest BCUT2D eigenvalue weighted by molar-refractivity contribution is -0.123. The number of fused-ring (bicyclic) bond motifs is 1. The lowest BCUT2D eigenvalue weighted by Gasteiger charge is -2.22. The van der Waals surface area contributed by atoms with E-state index in [4.69, 9.17) is 9.47 Å². The summed E-state index contributed by atoms with van der Waals surface area (Å²) >= 11 is 0. The van der Waals surface area contributed by atoms with Gasteiger partial charge in [0.1, 0.15) is 25.0 Å². The molecule has 0 aliphatic carbocycles. The summed E-state index contributed by atoms with van der Waals surface area (Å²) in [5.41, 5.74) is 6.16. The van der Waals surface area contributed by atoms with Crippen LogP contribution in [0.1, 0.15) is 39.4 Å². The molecule has 1 aliphatic rings. The van der Waals surface area contributed by atoms with Crippen LogP contribution in [0.5, 0.6) is 5.75 Å². The maximum Gasteiger partial charge on any atom is 0.408 e. The number of hydrogen-bond acceptors (Lipinski definition) is 5. The summed E-state index contributed by atoms with van der Waals surface area (Å²) in [7, 11) is 0. The maximum atomic E-state index is 13.5. The van der Waals surface area contributed by atoms with Crippen LogP contribution in [0.15, 0.2) is 103 Å². The van der Waals surface area contributed by atoms with Gasteiger partial charge in [-0.2, -0.15) is 0 Å². The third kappa shape index (κ3) is 7.27. The van der Waals surface area contributed by atoms with E-state index in [2.05, 4.69) is 22.0 Å². The quantitative estimate of drug-likeness (QED) is 0.260. The number of carbonyl (C=O) groups excluding carboxylic acids is 2. The molecule has 1 heterocycles. The van der Waals surface area contributed by atoms with Crippen molar-refractivity contribution < 1.29 is 19.1 Å². The fourth-order valence-corrected chi connectivity index (χ4v) is 4.74. The van der Waals surface area contributed by atoms with Gasteiger partial charge >= 0.3 is 6.09 Å². The number of nitrogens with one attached hydrogen (secondary N) is 3. The predicted octanol–water partition coefficient (Wildman–Crippen LogP) is 5.20. The Labute approximate surface area is 234 Å². The van der Waals surface area contributed by atoms with E-state index in [0.717, 1.165) is 36.2 Å². The highest BCUT2D eigenvalue weighted by molar-refractivity contribution is 5.87. The molecule has 7 heteroatoms. The predicted molar refractivity (Wildman–Crippen MR) is 153 cm³/mol. The Balaban J connectivity index is 1.27. The summed E-state index contributed by atoms with van der Waals surface area (Å²) < 4.78 is 11.3. The number of hydrogen-bond donors (Lipinski definition) is 3. The van der Waals surface area contributed by atoms with E-state index in [-0.39, 0.29) is 12.5 Å². The van der Waals surface area contributed by atoms with Gasteiger partial charge in [-0.05, 0) is 58.5 Å². The van der Waals surface area contributed by atoms with E-state index in [1.54, 1.807) is 24.3 Å². The van der Waals surface area contributed by atoms with Crippen LogP contribution >= 0.6 is 0 Å². The van der Waals surface area contributed by atoms with Gasteiger partial charge in [0.05, 0.1) is 0 Å². The zero-order valence-electron chi connectivity index (χ0n) is 22.3. The molecule has 40 heavy (non-hydrogen) atoms. The van der Waals surface area contributed by atoms with Gasteiger partial charge in [0.2, 0.25) is 5.91 Å². The van der Waals surface area contributed by atoms with Crippen LogP contribution in [0.4, 0.5) is 4.79 Å². The van der Waals surface area contributed by atoms with Crippen LogP contribution in [0.2, 0.25) is 0 Å². The first kappa shape index (κ1) is 27.0. The SMILES string of the molecule is O=C(N[C@@H](C(=O)NCc1cccc2c1CCNC2)c1ccc(OCc2ccccc2)cc1)OCc1ccccc1. The summed E-state index contributed by atoms with van der Waals surface area (Å²) in [4.78, 5) is 26.2. The van der Waals surface area contributed by atoms with Crippen LogP contribution in [0.25, 0.3) is 0 Å². The van der Waals surface area contributed by atoms with Crippen molar-refractivity contribution in [1.82, 2.24) is 16.0 Å². The largest absolute Gasteiger partial charge is 0.489 e. The molecule has 0 spiro atoms. The summed E-state index contributed by atoms with van der Waals surface area (Å²) in [6, 6.07) is 31.7. The van der Waals surface area contributed by atoms with Gasteiger partial charge in [-0.15, -0.1) is 0 Å². The lowest BCUT2D eigenvalue weighted by atomic mass is 9.95. The van der Waals surface area contributed by atoms with Gasteiger partial charge in [0.25, 0.3) is 0 Å². The number of alkyl carbamates (subject to hydrolysis) is 1. The molecular weight excluding hydrogens is 502 g/mol. The van der Waals surface area contributed by atoms with E-state index < -0.39 is 12.1 Å². The van der Waals surface area contributed by atoms with Crippen molar-refractivity contribution in [1.29, 1.82) is 0 Å². The maximum absolute atomic E-state index is 13.5. The normalized spacial score (nSPS) is 13.0. The van der Waals surface area contributed by atoms with Crippen molar-refractivity contribution in [2.24, 2.45) is 0 Å². The van der Waals surface area contributed by atoms with Crippen molar-refractivity contribution >= 4 is 12.0 Å². The van der Waals surface area contributed by atoms with Gasteiger partial charge < -0.3 is 25.4 Å². The third-order valence-corrected chi connectivity index (χ3v) is 6.89. The number of benzene rings is 4. The number of ether oxygens (including phenoxy) is 2. The van der Waals surface area contributed by atoms with E-state index >= 15 is 0 Å². The molecule has 0 aromatic heterocycles. The first-order chi connectivity index (χ1) is 19.7. The molecule has 4 aromatic carbocycles. The Morgan fingerprint density at radius 1 is 0.800 bits per heavy atom. The molecule has 0 saturated heterocycles. The molecular formula is C33H33N3O4. The van der Waals surface area contributed by atoms with Gasteiger partial charge in [0.15, 0.2) is 0 Å². The third-order valence-electron chi connectivity index (χ3n) is 6.89. The number of amides is 2. The minimum atomic E-state index is -0.937. The van der Waals surface area contributed by atoms with E-state index in [1.165, 1.54) is 11.1 Å². The van der Waals surface area contributed by atoms with Gasteiger partial charge in [-0.3, -0.25) is 4.79 Å². The second-order valence-corrected chi connectivity index (χ2v) is 9.68. The van der Waals surface area contributed by atoms with Crippen LogP contribution in [0.3, 0.4) is 0 Å². The molecule has 3 N–H and O–H groups in total. The Kier molecular flexibility index (Phi) is 9.06. The summed E-state index contributed by atoms with van der Waals surface area (Å²) in [6.07, 6.45) is 0.246. The number of carbonyl (C=O) groups is 2. The minimum absolute atomic E-state index is 0.109. The Morgan fingerprint density at radius 2 is 1.50 bits per heavy atom. The standard InChI is InChI=1S/C33H33N3O4/c37-32(35-21-28-13-7-12-27-20-34-19-18-30(27)28)31(36-33(38)40-23-25-10-5-2-6-11-25)26-14-16-29(17-15-26)39-22-24-8-3-1-4-9-24/h1-17,31,34H,18-23H2,(H,35,37)(H,36,38)/t31-/m1/s1. The molecule has 0 bridgehead atoms. The average Bonchev–Trinajstić information content (AvgIpc) is 3.02. The van der Waals surface area contributed by atoms with Crippen molar-refractivity contribution in [3.05, 3.63) is 137 Å². The highest BCUT2D eigenvalue weighted by Crippen LogP contribution is 2.22. The fourth-order valence-electron chi connectivity index (χ4n) is 4.74. The topological polar surface area (TPSA) is 88.7 Å². The van der Waals surface area contributed by atoms with Gasteiger partial charge in [-0.1, -0.05) is 91.0 Å². The monoisotopic (exact) mass is 535 g/mol. The molecule has 0 unspecified atom stereocenters. The molecule has 4 aromatic rings. The van der Waals surface area contributed by atoms with Crippen LogP contribution in [0, 0.1) is 0 Å². The molecule has 0 saturated carbocycles. The molecule has 0 radical (unpaired) electrons. The van der Waals surface area contributed by atoms with E-state index in [9.17, 15) is 9.59 Å². The lowest BCUT2D eigenvalue weighted by Crippen LogP contribution is -2.40. The molecule has 7 nitrogen and oxygen atoms in total. The molecule has 0 fully saturated rings. The summed E-state index contributed by atoms with van der Waals surface area (Å²) in [5, 5.41) is 9.16. The minimum Gasteiger partial charge on any atom is -0.489 e. The van der Waals surface area contributed by atoms with E-state index in [0.29, 0.717) is 24.5 Å². The van der Waals surface area contributed by atoms with Crippen LogP contribution < -0.4 is 20.7 Å². The second-order valence-electron chi connectivity index (χ2n) is 9.68. The zero-order chi connectivity index (χ0) is 27.6. The van der Waals surface area contributed by atoms with Gasteiger partial charge in [-0.25, -0.2) is 4.79 Å². The molecule has 1 aliphatic heterocycles. The Bertz CT molecular complexity index is 1410. The summed E-state index contributed by atoms with van der Waals surface area (Å²) in [6.45, 7) is 2.65. The Morgan fingerprint density at radius 3 is 2.23 bits per heavy atom. The van der Waals surface area contributed by atoms with Crippen molar-refractivity contribution in [3.8, 4) is 5.75 Å². The van der Waals surface area contributed by atoms with Crippen LogP contribution in [-0.2, 0) is 42.3 Å². The molecule has 5 rings (SSSR count). The van der Waals surface area contributed by atoms with E-state index in [1.807, 2.05) is 72.8 Å². The van der Waals surface area contributed by atoms with Crippen molar-refractivity contribution in [2.75, 3.05) is 6.54 Å². The zero-order valence-corrected chi connectivity index (χ0v) is 22.3. The Hall–Kier alpha value is -4.62. The first-order valence-electron chi connectivity index (χ1n) is 13.5. The highest BCUT2D eigenvalue weighted by atomic mass is 16.5. The first-order valence-corrected chi connectivity index (χ1v) is 13.5. The van der Waals surface area contributed by atoms with Gasteiger partial charge in [0, 0.05) is 13.1 Å². The molecule has 1 atom stereocenters.